The summed E-state index contributed by atoms with van der Waals surface area (Å²) in [5.74, 6) is -0.978. The highest BCUT2D eigenvalue weighted by atomic mass is 32.1. The molecule has 2 N–H and O–H groups in total. The van der Waals surface area contributed by atoms with E-state index in [0.717, 1.165) is 11.3 Å². The first-order valence-corrected chi connectivity index (χ1v) is 5.79. The van der Waals surface area contributed by atoms with Gasteiger partial charge in [-0.25, -0.2) is 9.59 Å². The molecule has 1 aromatic rings. The van der Waals surface area contributed by atoms with Crippen LogP contribution in [0.15, 0.2) is 12.1 Å². The maximum absolute atomic E-state index is 11.6. The van der Waals surface area contributed by atoms with Crippen LogP contribution in [-0.4, -0.2) is 35.1 Å². The molecule has 88 valence electrons. The molecule has 0 bridgehead atoms. The third kappa shape index (κ3) is 2.96. The number of anilines is 1. The van der Waals surface area contributed by atoms with Crippen LogP contribution in [0.5, 0.6) is 0 Å². The Hall–Kier alpha value is -1.56. The van der Waals surface area contributed by atoms with Gasteiger partial charge in [-0.15, -0.1) is 11.3 Å². The van der Waals surface area contributed by atoms with E-state index < -0.39 is 5.97 Å². The number of thiophene rings is 1. The van der Waals surface area contributed by atoms with Crippen molar-refractivity contribution in [3.05, 3.63) is 17.0 Å². The predicted molar refractivity (Wildman–Crippen MR) is 63.2 cm³/mol. The van der Waals surface area contributed by atoms with Crippen LogP contribution in [0.25, 0.3) is 0 Å². The quantitative estimate of drug-likeness (QED) is 0.851. The summed E-state index contributed by atoms with van der Waals surface area (Å²) >= 11 is 1.05. The summed E-state index contributed by atoms with van der Waals surface area (Å²) in [6, 6.07) is 2.86. The fourth-order valence-electron chi connectivity index (χ4n) is 1.22. The molecule has 0 radical (unpaired) electrons. The van der Waals surface area contributed by atoms with Crippen molar-refractivity contribution in [1.29, 1.82) is 0 Å². The topological polar surface area (TPSA) is 69.6 Å². The Bertz CT molecular complexity index is 385. The smallest absolute Gasteiger partial charge is 0.345 e. The van der Waals surface area contributed by atoms with Crippen LogP contribution in [0.4, 0.5) is 9.80 Å². The second-order valence-electron chi connectivity index (χ2n) is 3.07. The van der Waals surface area contributed by atoms with Crippen LogP contribution < -0.4 is 5.32 Å². The number of amides is 2. The van der Waals surface area contributed by atoms with Gasteiger partial charge >= 0.3 is 12.0 Å². The van der Waals surface area contributed by atoms with E-state index in [9.17, 15) is 9.59 Å². The molecule has 0 fully saturated rings. The zero-order chi connectivity index (χ0) is 12.1. The zero-order valence-electron chi connectivity index (χ0n) is 9.19. The number of hydrogen-bond donors (Lipinski definition) is 2. The number of carbonyl (C=O) groups excluding carboxylic acids is 1. The average Bonchev–Trinajstić information content (AvgIpc) is 2.68. The van der Waals surface area contributed by atoms with Crippen LogP contribution in [0.1, 0.15) is 23.5 Å². The largest absolute Gasteiger partial charge is 0.477 e. The van der Waals surface area contributed by atoms with Gasteiger partial charge in [0.15, 0.2) is 0 Å². The van der Waals surface area contributed by atoms with Gasteiger partial charge in [0.2, 0.25) is 0 Å². The van der Waals surface area contributed by atoms with Crippen molar-refractivity contribution >= 4 is 28.3 Å². The summed E-state index contributed by atoms with van der Waals surface area (Å²) < 4.78 is 0. The predicted octanol–water partition coefficient (Wildman–Crippen LogP) is 2.32. The summed E-state index contributed by atoms with van der Waals surface area (Å²) in [5, 5.41) is 11.9. The van der Waals surface area contributed by atoms with Gasteiger partial charge in [-0.3, -0.25) is 5.32 Å². The molecule has 1 heterocycles. The lowest BCUT2D eigenvalue weighted by Crippen LogP contribution is -2.34. The third-order valence-electron chi connectivity index (χ3n) is 2.10. The number of nitrogens with one attached hydrogen (secondary N) is 1. The van der Waals surface area contributed by atoms with Crippen molar-refractivity contribution in [2.75, 3.05) is 18.4 Å². The van der Waals surface area contributed by atoms with Gasteiger partial charge in [-0.05, 0) is 26.0 Å². The third-order valence-corrected chi connectivity index (χ3v) is 3.09. The fourth-order valence-corrected chi connectivity index (χ4v) is 1.95. The van der Waals surface area contributed by atoms with Crippen LogP contribution in [0.2, 0.25) is 0 Å². The summed E-state index contributed by atoms with van der Waals surface area (Å²) in [4.78, 5) is 24.1. The normalized spacial score (nSPS) is 9.88. The number of carboxylic acid groups (broad SMARTS) is 1. The number of hydrogen-bond acceptors (Lipinski definition) is 3. The molecular weight excluding hydrogens is 228 g/mol. The highest BCUT2D eigenvalue weighted by molar-refractivity contribution is 7.18. The minimum atomic E-state index is -0.978. The molecule has 0 aliphatic rings. The molecule has 1 aromatic heterocycles. The minimum Gasteiger partial charge on any atom is -0.477 e. The van der Waals surface area contributed by atoms with Gasteiger partial charge in [-0.1, -0.05) is 0 Å². The van der Waals surface area contributed by atoms with E-state index in [1.54, 1.807) is 11.0 Å². The van der Waals surface area contributed by atoms with Gasteiger partial charge in [0.25, 0.3) is 0 Å². The lowest BCUT2D eigenvalue weighted by atomic mass is 10.5. The van der Waals surface area contributed by atoms with E-state index in [1.165, 1.54) is 6.07 Å². The number of carbonyl (C=O) groups is 2. The Morgan fingerprint density at radius 2 is 2.00 bits per heavy atom. The molecule has 0 atom stereocenters. The summed E-state index contributed by atoms with van der Waals surface area (Å²) in [6.45, 7) is 5.03. The van der Waals surface area contributed by atoms with E-state index in [2.05, 4.69) is 5.32 Å². The number of aromatic carboxylic acids is 1. The van der Waals surface area contributed by atoms with Crippen molar-refractivity contribution in [1.82, 2.24) is 4.90 Å². The Kier molecular flexibility index (Phi) is 4.30. The minimum absolute atomic E-state index is 0.205. The summed E-state index contributed by atoms with van der Waals surface area (Å²) in [5.41, 5.74) is 0. The molecule has 6 heteroatoms. The monoisotopic (exact) mass is 242 g/mol. The Labute approximate surface area is 97.7 Å². The fraction of sp³-hybridized carbons (Fsp3) is 0.400. The van der Waals surface area contributed by atoms with Gasteiger partial charge in [0.1, 0.15) is 4.88 Å². The number of urea groups is 1. The molecule has 0 saturated heterocycles. The first-order chi connectivity index (χ1) is 7.58. The first-order valence-electron chi connectivity index (χ1n) is 4.97. The van der Waals surface area contributed by atoms with Gasteiger partial charge in [0, 0.05) is 13.1 Å². The molecular formula is C10H14N2O3S. The van der Waals surface area contributed by atoms with Crippen LogP contribution >= 0.6 is 11.3 Å². The molecule has 2 amide bonds. The van der Waals surface area contributed by atoms with Crippen molar-refractivity contribution in [3.63, 3.8) is 0 Å². The van der Waals surface area contributed by atoms with Crippen LogP contribution in [-0.2, 0) is 0 Å². The molecule has 0 aliphatic heterocycles. The van der Waals surface area contributed by atoms with E-state index in [1.807, 2.05) is 13.8 Å². The maximum Gasteiger partial charge on any atom is 0.345 e. The molecule has 0 unspecified atom stereocenters. The van der Waals surface area contributed by atoms with Crippen molar-refractivity contribution in [2.24, 2.45) is 0 Å². The Morgan fingerprint density at radius 3 is 2.44 bits per heavy atom. The Morgan fingerprint density at radius 1 is 1.38 bits per heavy atom. The number of rotatable bonds is 4. The van der Waals surface area contributed by atoms with E-state index >= 15 is 0 Å². The summed E-state index contributed by atoms with van der Waals surface area (Å²) in [7, 11) is 0. The SMILES string of the molecule is CCN(CC)C(=O)Nc1ccc(C(=O)O)s1. The van der Waals surface area contributed by atoms with Gasteiger partial charge < -0.3 is 10.0 Å². The van der Waals surface area contributed by atoms with E-state index in [0.29, 0.717) is 18.1 Å². The number of nitrogens with zero attached hydrogens (tertiary/aromatic N) is 1. The molecule has 0 aliphatic carbocycles. The molecule has 1 rings (SSSR count). The van der Waals surface area contributed by atoms with Gasteiger partial charge in [-0.2, -0.15) is 0 Å². The van der Waals surface area contributed by atoms with E-state index in [4.69, 9.17) is 5.11 Å². The molecule has 16 heavy (non-hydrogen) atoms. The van der Waals surface area contributed by atoms with Gasteiger partial charge in [0.05, 0.1) is 5.00 Å². The van der Waals surface area contributed by atoms with E-state index in [-0.39, 0.29) is 10.9 Å². The lowest BCUT2D eigenvalue weighted by molar-refractivity contribution is 0.0702. The van der Waals surface area contributed by atoms with Crippen molar-refractivity contribution in [2.45, 2.75) is 13.8 Å². The Balaban J connectivity index is 2.65. The highest BCUT2D eigenvalue weighted by Crippen LogP contribution is 2.21. The average molecular weight is 242 g/mol. The van der Waals surface area contributed by atoms with Crippen molar-refractivity contribution < 1.29 is 14.7 Å². The summed E-state index contributed by atoms with van der Waals surface area (Å²) in [6.07, 6.45) is 0. The highest BCUT2D eigenvalue weighted by Gasteiger charge is 2.12. The first kappa shape index (κ1) is 12.5. The maximum atomic E-state index is 11.6. The molecule has 0 spiro atoms. The standard InChI is InChI=1S/C10H14N2O3S/c1-3-12(4-2)10(15)11-8-6-5-7(16-8)9(13)14/h5-6H,3-4H2,1-2H3,(H,11,15)(H,13,14). The molecule has 0 saturated carbocycles. The zero-order valence-corrected chi connectivity index (χ0v) is 10.0. The molecule has 5 nitrogen and oxygen atoms in total. The van der Waals surface area contributed by atoms with Crippen molar-refractivity contribution in [3.8, 4) is 0 Å². The second-order valence-corrected chi connectivity index (χ2v) is 4.16. The number of carboxylic acids is 1. The lowest BCUT2D eigenvalue weighted by Gasteiger charge is -2.18. The van der Waals surface area contributed by atoms with Crippen LogP contribution in [0.3, 0.4) is 0 Å². The van der Waals surface area contributed by atoms with Crippen LogP contribution in [0, 0.1) is 0 Å². The molecule has 0 aromatic carbocycles. The second kappa shape index (κ2) is 5.50.